The molecule has 1 N–H and O–H groups in total. The molecule has 0 radical (unpaired) electrons. The fraction of sp³-hybridized carbons (Fsp3) is 0.143. The molecule has 0 aliphatic heterocycles. The topological polar surface area (TPSA) is 20.2 Å². The van der Waals surface area contributed by atoms with E-state index >= 15 is 0 Å². The van der Waals surface area contributed by atoms with Gasteiger partial charge in [-0.15, -0.1) is 0 Å². The Morgan fingerprint density at radius 1 is 0.875 bits per heavy atom. The number of aryl methyl sites for hydroxylation is 2. The Labute approximate surface area is 100 Å². The second kappa shape index (κ2) is 4.18. The van der Waals surface area contributed by atoms with Crippen LogP contribution in [0.4, 0.5) is 0 Å². The zero-order chi connectivity index (χ0) is 11.7. The highest BCUT2D eigenvalue weighted by Crippen LogP contribution is 2.30. The maximum absolute atomic E-state index is 9.37. The highest BCUT2D eigenvalue weighted by atomic mass is 35.5. The van der Waals surface area contributed by atoms with Crippen molar-refractivity contribution >= 4 is 11.6 Å². The number of hydrogen-bond acceptors (Lipinski definition) is 1. The van der Waals surface area contributed by atoms with Crippen LogP contribution in [0.1, 0.15) is 11.1 Å². The summed E-state index contributed by atoms with van der Waals surface area (Å²) in [6.45, 7) is 4.14. The fourth-order valence-electron chi connectivity index (χ4n) is 1.83. The predicted molar refractivity (Wildman–Crippen MR) is 68.0 cm³/mol. The summed E-state index contributed by atoms with van der Waals surface area (Å²) in [5.74, 6) is 0.120. The van der Waals surface area contributed by atoms with Crippen LogP contribution in [0, 0.1) is 13.8 Å². The lowest BCUT2D eigenvalue weighted by Crippen LogP contribution is -1.83. The second-order valence-electron chi connectivity index (χ2n) is 4.04. The summed E-state index contributed by atoms with van der Waals surface area (Å²) in [7, 11) is 0. The lowest BCUT2D eigenvalue weighted by Gasteiger charge is -2.06. The molecule has 0 heterocycles. The molecule has 0 bridgehead atoms. The number of aromatic hydroxyl groups is 1. The van der Waals surface area contributed by atoms with Gasteiger partial charge in [-0.25, -0.2) is 0 Å². The summed E-state index contributed by atoms with van der Waals surface area (Å²) in [5.41, 5.74) is 4.59. The monoisotopic (exact) mass is 232 g/mol. The SMILES string of the molecule is Cc1cc(C)cc(-c2ccc(O)c(Cl)c2)c1. The van der Waals surface area contributed by atoms with Crippen LogP contribution in [0.3, 0.4) is 0 Å². The molecule has 2 aromatic rings. The zero-order valence-corrected chi connectivity index (χ0v) is 10.0. The van der Waals surface area contributed by atoms with Gasteiger partial charge in [-0.05, 0) is 37.1 Å². The van der Waals surface area contributed by atoms with E-state index in [1.165, 1.54) is 11.1 Å². The van der Waals surface area contributed by atoms with Crippen molar-refractivity contribution in [1.29, 1.82) is 0 Å². The molecule has 0 saturated carbocycles. The summed E-state index contributed by atoms with van der Waals surface area (Å²) in [4.78, 5) is 0. The van der Waals surface area contributed by atoms with Crippen LogP contribution in [-0.2, 0) is 0 Å². The molecule has 1 nitrogen and oxygen atoms in total. The molecular weight excluding hydrogens is 220 g/mol. The average Bonchev–Trinajstić information content (AvgIpc) is 2.20. The van der Waals surface area contributed by atoms with E-state index < -0.39 is 0 Å². The normalized spacial score (nSPS) is 10.4. The Morgan fingerprint density at radius 3 is 2.06 bits per heavy atom. The molecule has 0 aliphatic carbocycles. The van der Waals surface area contributed by atoms with Crippen molar-refractivity contribution in [1.82, 2.24) is 0 Å². The minimum atomic E-state index is 0.120. The van der Waals surface area contributed by atoms with Gasteiger partial charge in [-0.2, -0.15) is 0 Å². The number of phenolic OH excluding ortho intramolecular Hbond substituents is 1. The van der Waals surface area contributed by atoms with Gasteiger partial charge < -0.3 is 5.11 Å². The molecule has 82 valence electrons. The second-order valence-corrected chi connectivity index (χ2v) is 4.45. The number of phenols is 1. The van der Waals surface area contributed by atoms with Crippen molar-refractivity contribution in [3.8, 4) is 16.9 Å². The molecule has 0 saturated heterocycles. The summed E-state index contributed by atoms with van der Waals surface area (Å²) in [5, 5.41) is 9.75. The first-order valence-corrected chi connectivity index (χ1v) is 5.51. The smallest absolute Gasteiger partial charge is 0.134 e. The van der Waals surface area contributed by atoms with Crippen LogP contribution < -0.4 is 0 Å². The lowest BCUT2D eigenvalue weighted by atomic mass is 10.0. The van der Waals surface area contributed by atoms with E-state index in [4.69, 9.17) is 11.6 Å². The van der Waals surface area contributed by atoms with E-state index in [2.05, 4.69) is 32.0 Å². The largest absolute Gasteiger partial charge is 0.506 e. The van der Waals surface area contributed by atoms with E-state index in [1.54, 1.807) is 12.1 Å². The molecule has 2 aromatic carbocycles. The van der Waals surface area contributed by atoms with E-state index in [-0.39, 0.29) is 5.75 Å². The molecule has 0 aliphatic rings. The Morgan fingerprint density at radius 2 is 1.50 bits per heavy atom. The van der Waals surface area contributed by atoms with Crippen molar-refractivity contribution in [2.45, 2.75) is 13.8 Å². The molecule has 2 rings (SSSR count). The minimum Gasteiger partial charge on any atom is -0.506 e. The van der Waals surface area contributed by atoms with E-state index in [9.17, 15) is 5.11 Å². The summed E-state index contributed by atoms with van der Waals surface area (Å²) >= 11 is 5.89. The van der Waals surface area contributed by atoms with Crippen molar-refractivity contribution in [3.63, 3.8) is 0 Å². The van der Waals surface area contributed by atoms with E-state index in [0.29, 0.717) is 5.02 Å². The van der Waals surface area contributed by atoms with Crippen LogP contribution in [-0.4, -0.2) is 5.11 Å². The number of rotatable bonds is 1. The fourth-order valence-corrected chi connectivity index (χ4v) is 2.01. The quantitative estimate of drug-likeness (QED) is 0.776. The Balaban J connectivity index is 2.54. The van der Waals surface area contributed by atoms with E-state index in [1.807, 2.05) is 6.07 Å². The molecule has 0 unspecified atom stereocenters. The highest BCUT2D eigenvalue weighted by Gasteiger charge is 2.03. The van der Waals surface area contributed by atoms with Crippen LogP contribution in [0.5, 0.6) is 5.75 Å². The minimum absolute atomic E-state index is 0.120. The number of halogens is 1. The van der Waals surface area contributed by atoms with Gasteiger partial charge in [0.1, 0.15) is 5.75 Å². The maximum Gasteiger partial charge on any atom is 0.134 e. The van der Waals surface area contributed by atoms with Gasteiger partial charge >= 0.3 is 0 Å². The molecule has 0 spiro atoms. The first-order chi connectivity index (χ1) is 7.56. The molecule has 0 amide bonds. The van der Waals surface area contributed by atoms with E-state index in [0.717, 1.165) is 11.1 Å². The summed E-state index contributed by atoms with van der Waals surface area (Å²) in [6.07, 6.45) is 0. The summed E-state index contributed by atoms with van der Waals surface area (Å²) < 4.78 is 0. The number of hydrogen-bond donors (Lipinski definition) is 1. The summed E-state index contributed by atoms with van der Waals surface area (Å²) in [6, 6.07) is 11.6. The van der Waals surface area contributed by atoms with Crippen molar-refractivity contribution in [3.05, 3.63) is 52.5 Å². The van der Waals surface area contributed by atoms with Crippen molar-refractivity contribution < 1.29 is 5.11 Å². The highest BCUT2D eigenvalue weighted by molar-refractivity contribution is 6.32. The molecule has 2 heteroatoms. The van der Waals surface area contributed by atoms with Gasteiger partial charge in [0.05, 0.1) is 5.02 Å². The van der Waals surface area contributed by atoms with Gasteiger partial charge in [0.2, 0.25) is 0 Å². The van der Waals surface area contributed by atoms with Gasteiger partial charge in [-0.3, -0.25) is 0 Å². The third kappa shape index (κ3) is 2.20. The van der Waals surface area contributed by atoms with Gasteiger partial charge in [-0.1, -0.05) is 47.0 Å². The predicted octanol–water partition coefficient (Wildman–Crippen LogP) is 4.33. The van der Waals surface area contributed by atoms with Crippen LogP contribution >= 0.6 is 11.6 Å². The molecule has 0 atom stereocenters. The van der Waals surface area contributed by atoms with Gasteiger partial charge in [0.15, 0.2) is 0 Å². The first kappa shape index (κ1) is 11.0. The zero-order valence-electron chi connectivity index (χ0n) is 9.29. The molecule has 0 fully saturated rings. The van der Waals surface area contributed by atoms with Crippen LogP contribution in [0.2, 0.25) is 5.02 Å². The first-order valence-electron chi connectivity index (χ1n) is 5.13. The van der Waals surface area contributed by atoms with Crippen molar-refractivity contribution in [2.75, 3.05) is 0 Å². The number of benzene rings is 2. The Hall–Kier alpha value is -1.47. The molecule has 16 heavy (non-hydrogen) atoms. The van der Waals surface area contributed by atoms with Gasteiger partial charge in [0, 0.05) is 0 Å². The molecular formula is C14H13ClO. The van der Waals surface area contributed by atoms with Crippen LogP contribution in [0.25, 0.3) is 11.1 Å². The Bertz CT molecular complexity index is 512. The average molecular weight is 233 g/mol. The lowest BCUT2D eigenvalue weighted by molar-refractivity contribution is 0.475. The standard InChI is InChI=1S/C14H13ClO/c1-9-5-10(2)7-12(6-9)11-3-4-14(16)13(15)8-11/h3-8,16H,1-2H3. The maximum atomic E-state index is 9.37. The van der Waals surface area contributed by atoms with Crippen molar-refractivity contribution in [2.24, 2.45) is 0 Å². The molecule has 0 aromatic heterocycles. The third-order valence-electron chi connectivity index (χ3n) is 2.50. The van der Waals surface area contributed by atoms with Gasteiger partial charge in [0.25, 0.3) is 0 Å². The van der Waals surface area contributed by atoms with Crippen LogP contribution in [0.15, 0.2) is 36.4 Å². The Kier molecular flexibility index (Phi) is 2.88. The third-order valence-corrected chi connectivity index (χ3v) is 2.81.